The Hall–Kier alpha value is -2.54. The van der Waals surface area contributed by atoms with Gasteiger partial charge in [-0.05, 0) is 61.7 Å². The van der Waals surface area contributed by atoms with Gasteiger partial charge in [-0.2, -0.15) is 0 Å². The third-order valence-electron chi connectivity index (χ3n) is 4.50. The lowest BCUT2D eigenvalue weighted by Crippen LogP contribution is -2.47. The molecule has 2 aromatic rings. The van der Waals surface area contributed by atoms with Gasteiger partial charge in [0, 0.05) is 18.1 Å². The molecule has 1 heterocycles. The molecule has 0 spiro atoms. The molecule has 1 atom stereocenters. The number of nitrogens with zero attached hydrogens (tertiary/aromatic N) is 1. The van der Waals surface area contributed by atoms with Crippen molar-refractivity contribution in [3.05, 3.63) is 64.7 Å². The zero-order valence-electron chi connectivity index (χ0n) is 15.1. The molecule has 2 aromatic carbocycles. The van der Waals surface area contributed by atoms with E-state index in [0.717, 1.165) is 0 Å². The Morgan fingerprint density at radius 2 is 2.04 bits per heavy atom. The van der Waals surface area contributed by atoms with Crippen molar-refractivity contribution in [1.82, 2.24) is 10.4 Å². The summed E-state index contributed by atoms with van der Waals surface area (Å²) in [6.07, 6.45) is 1.29. The second-order valence-corrected chi connectivity index (χ2v) is 6.89. The van der Waals surface area contributed by atoms with Gasteiger partial charge in [0.1, 0.15) is 22.4 Å². The second-order valence-electron chi connectivity index (χ2n) is 6.48. The maximum absolute atomic E-state index is 13.8. The summed E-state index contributed by atoms with van der Waals surface area (Å²) in [4.78, 5) is 12.6. The average Bonchev–Trinajstić information content (AvgIpc) is 2.83. The number of hydrogen-bond acceptors (Lipinski definition) is 3. The molecule has 0 fully saturated rings. The van der Waals surface area contributed by atoms with Crippen molar-refractivity contribution >= 4 is 23.1 Å². The number of carbonyl (C=O) groups excluding carboxylic acids is 1. The Morgan fingerprint density at radius 3 is 2.74 bits per heavy atom. The number of halogens is 2. The lowest BCUT2D eigenvalue weighted by atomic mass is 10.0. The van der Waals surface area contributed by atoms with Crippen molar-refractivity contribution < 1.29 is 18.3 Å². The van der Waals surface area contributed by atoms with Crippen LogP contribution in [0.5, 0.6) is 5.75 Å². The number of rotatable bonds is 2. The SMILES string of the molecule is CC(=O)N(NC(=S)c1ccc(F)c(C)c1)C1CCCOc2ccc(F)cc21. The van der Waals surface area contributed by atoms with Crippen LogP contribution in [-0.4, -0.2) is 22.5 Å². The van der Waals surface area contributed by atoms with Gasteiger partial charge >= 0.3 is 0 Å². The molecule has 142 valence electrons. The first-order valence-corrected chi connectivity index (χ1v) is 9.07. The van der Waals surface area contributed by atoms with Gasteiger partial charge in [0.05, 0.1) is 12.6 Å². The van der Waals surface area contributed by atoms with Crippen molar-refractivity contribution in [3.63, 3.8) is 0 Å². The molecule has 0 bridgehead atoms. The molecule has 27 heavy (non-hydrogen) atoms. The first-order chi connectivity index (χ1) is 12.9. The summed E-state index contributed by atoms with van der Waals surface area (Å²) in [5, 5.41) is 1.40. The van der Waals surface area contributed by atoms with Crippen molar-refractivity contribution in [3.8, 4) is 5.75 Å². The Kier molecular flexibility index (Phi) is 5.70. The lowest BCUT2D eigenvalue weighted by molar-refractivity contribution is -0.133. The number of hydrazine groups is 1. The molecule has 3 rings (SSSR count). The van der Waals surface area contributed by atoms with Gasteiger partial charge in [0.2, 0.25) is 5.91 Å². The average molecular weight is 390 g/mol. The fourth-order valence-corrected chi connectivity index (χ4v) is 3.35. The van der Waals surface area contributed by atoms with Crippen LogP contribution in [0.25, 0.3) is 0 Å². The van der Waals surface area contributed by atoms with E-state index in [-0.39, 0.29) is 16.7 Å². The number of hydrogen-bond donors (Lipinski definition) is 1. The zero-order chi connectivity index (χ0) is 19.6. The van der Waals surface area contributed by atoms with Crippen LogP contribution in [0.4, 0.5) is 8.78 Å². The highest BCUT2D eigenvalue weighted by Gasteiger charge is 2.29. The van der Waals surface area contributed by atoms with Crippen molar-refractivity contribution in [2.24, 2.45) is 0 Å². The molecule has 1 unspecified atom stereocenters. The van der Waals surface area contributed by atoms with Gasteiger partial charge in [-0.15, -0.1) is 0 Å². The van der Waals surface area contributed by atoms with E-state index in [4.69, 9.17) is 17.0 Å². The highest BCUT2D eigenvalue weighted by Crippen LogP contribution is 2.35. The topological polar surface area (TPSA) is 41.6 Å². The van der Waals surface area contributed by atoms with Gasteiger partial charge < -0.3 is 4.74 Å². The highest BCUT2D eigenvalue weighted by molar-refractivity contribution is 7.80. The number of nitrogens with one attached hydrogen (secondary N) is 1. The van der Waals surface area contributed by atoms with Gasteiger partial charge in [-0.1, -0.05) is 12.2 Å². The van der Waals surface area contributed by atoms with Crippen molar-refractivity contribution in [2.45, 2.75) is 32.7 Å². The van der Waals surface area contributed by atoms with E-state index in [1.807, 2.05) is 0 Å². The van der Waals surface area contributed by atoms with Gasteiger partial charge in [-0.25, -0.2) is 13.8 Å². The van der Waals surface area contributed by atoms with E-state index in [1.54, 1.807) is 25.1 Å². The number of ether oxygens (including phenoxy) is 1. The third-order valence-corrected chi connectivity index (χ3v) is 4.83. The van der Waals surface area contributed by atoms with E-state index in [1.165, 1.54) is 30.1 Å². The first-order valence-electron chi connectivity index (χ1n) is 8.66. The Morgan fingerprint density at radius 1 is 1.26 bits per heavy atom. The standard InChI is InChI=1S/C20H20F2N2O2S/c1-12-10-14(5-7-17(12)22)20(27)23-24(13(2)25)18-4-3-9-26-19-8-6-15(21)11-16(18)19/h5-8,10-11,18H,3-4,9H2,1-2H3,(H,23,27). The number of fused-ring (bicyclic) bond motifs is 1. The van der Waals surface area contributed by atoms with Crippen LogP contribution in [-0.2, 0) is 4.79 Å². The lowest BCUT2D eigenvalue weighted by Gasteiger charge is -2.32. The summed E-state index contributed by atoms with van der Waals surface area (Å²) in [5.74, 6) is -0.437. The van der Waals surface area contributed by atoms with Crippen LogP contribution in [0, 0.1) is 18.6 Å². The summed E-state index contributed by atoms with van der Waals surface area (Å²) < 4.78 is 33.0. The largest absolute Gasteiger partial charge is 0.493 e. The van der Waals surface area contributed by atoms with Crippen LogP contribution in [0.1, 0.15) is 42.5 Å². The molecule has 0 saturated carbocycles. The molecule has 1 aliphatic heterocycles. The van der Waals surface area contributed by atoms with Crippen molar-refractivity contribution in [2.75, 3.05) is 6.61 Å². The quantitative estimate of drug-likeness (QED) is 0.616. The van der Waals surface area contributed by atoms with Crippen LogP contribution in [0.15, 0.2) is 36.4 Å². The van der Waals surface area contributed by atoms with Gasteiger partial charge in [0.25, 0.3) is 0 Å². The fraction of sp³-hybridized carbons (Fsp3) is 0.300. The first kappa shape index (κ1) is 19.2. The summed E-state index contributed by atoms with van der Waals surface area (Å²) in [5.41, 5.74) is 4.60. The number of aryl methyl sites for hydroxylation is 1. The fourth-order valence-electron chi connectivity index (χ4n) is 3.13. The smallest absolute Gasteiger partial charge is 0.238 e. The maximum atomic E-state index is 13.8. The second kappa shape index (κ2) is 8.00. The van der Waals surface area contributed by atoms with Crippen molar-refractivity contribution in [1.29, 1.82) is 0 Å². The molecule has 0 radical (unpaired) electrons. The molecular weight excluding hydrogens is 370 g/mol. The number of benzene rings is 2. The predicted octanol–water partition coefficient (Wildman–Crippen LogP) is 4.22. The molecule has 1 amide bonds. The number of carbonyl (C=O) groups is 1. The third kappa shape index (κ3) is 4.24. The molecule has 1 aliphatic rings. The van der Waals surface area contributed by atoms with Gasteiger partial charge in [-0.3, -0.25) is 10.2 Å². The van der Waals surface area contributed by atoms with E-state index in [9.17, 15) is 13.6 Å². The minimum absolute atomic E-state index is 0.265. The summed E-state index contributed by atoms with van der Waals surface area (Å²) in [6, 6.07) is 8.36. The van der Waals surface area contributed by atoms with Crippen LogP contribution in [0.2, 0.25) is 0 Å². The van der Waals surface area contributed by atoms with E-state index in [2.05, 4.69) is 5.43 Å². The van der Waals surface area contributed by atoms with Crippen LogP contribution in [0.3, 0.4) is 0 Å². The Bertz CT molecular complexity index is 888. The zero-order valence-corrected chi connectivity index (χ0v) is 15.9. The molecule has 0 aromatic heterocycles. The normalized spacial score (nSPS) is 15.9. The summed E-state index contributed by atoms with van der Waals surface area (Å²) in [7, 11) is 0. The van der Waals surface area contributed by atoms with Crippen LogP contribution < -0.4 is 10.2 Å². The molecule has 4 nitrogen and oxygen atoms in total. The van der Waals surface area contributed by atoms with E-state index >= 15 is 0 Å². The Balaban J connectivity index is 1.92. The highest BCUT2D eigenvalue weighted by atomic mass is 32.1. The molecule has 0 saturated heterocycles. The van der Waals surface area contributed by atoms with E-state index in [0.29, 0.717) is 41.9 Å². The van der Waals surface area contributed by atoms with E-state index < -0.39 is 11.9 Å². The molecule has 7 heteroatoms. The monoisotopic (exact) mass is 390 g/mol. The molecule has 1 N–H and O–H groups in total. The van der Waals surface area contributed by atoms with Crippen LogP contribution >= 0.6 is 12.2 Å². The minimum Gasteiger partial charge on any atom is -0.493 e. The number of thiocarbonyl (C=S) groups is 1. The Labute approximate surface area is 162 Å². The maximum Gasteiger partial charge on any atom is 0.238 e. The number of amides is 1. The van der Waals surface area contributed by atoms with Gasteiger partial charge in [0.15, 0.2) is 0 Å². The molecular formula is C20H20F2N2O2S. The predicted molar refractivity (Wildman–Crippen MR) is 102 cm³/mol. The molecule has 0 aliphatic carbocycles. The summed E-state index contributed by atoms with van der Waals surface area (Å²) in [6.45, 7) is 3.55. The minimum atomic E-state index is -0.435. The summed E-state index contributed by atoms with van der Waals surface area (Å²) >= 11 is 5.41.